The van der Waals surface area contributed by atoms with Gasteiger partial charge in [0.2, 0.25) is 0 Å². The molecule has 1 aliphatic rings. The van der Waals surface area contributed by atoms with Gasteiger partial charge in [-0.25, -0.2) is 4.39 Å². The summed E-state index contributed by atoms with van der Waals surface area (Å²) in [6, 6.07) is 6.31. The van der Waals surface area contributed by atoms with E-state index in [-0.39, 0.29) is 11.9 Å². The van der Waals surface area contributed by atoms with Crippen LogP contribution in [0.1, 0.15) is 43.9 Å². The van der Waals surface area contributed by atoms with Gasteiger partial charge in [0.15, 0.2) is 0 Å². The van der Waals surface area contributed by atoms with E-state index in [2.05, 4.69) is 19.2 Å². The van der Waals surface area contributed by atoms with Crippen LogP contribution in [0.25, 0.3) is 0 Å². The summed E-state index contributed by atoms with van der Waals surface area (Å²) in [4.78, 5) is 0. The number of halogens is 1. The molecule has 1 aromatic rings. The van der Waals surface area contributed by atoms with Crippen molar-refractivity contribution in [3.8, 4) is 0 Å². The molecule has 0 bridgehead atoms. The van der Waals surface area contributed by atoms with Crippen LogP contribution in [-0.2, 0) is 0 Å². The summed E-state index contributed by atoms with van der Waals surface area (Å²) in [5.74, 6) is 1.17. The SMILES string of the molecule is Cc1ccc(C(C)NC2CCCSC2C)cc1F. The van der Waals surface area contributed by atoms with E-state index in [1.807, 2.05) is 23.9 Å². The van der Waals surface area contributed by atoms with Gasteiger partial charge >= 0.3 is 0 Å². The molecular formula is C15H22FNS. The second-order valence-corrected chi connectivity index (χ2v) is 6.71. The third-order valence-electron chi connectivity index (χ3n) is 3.77. The molecule has 0 radical (unpaired) electrons. The first kappa shape index (κ1) is 13.9. The molecule has 18 heavy (non-hydrogen) atoms. The van der Waals surface area contributed by atoms with Crippen LogP contribution in [0.5, 0.6) is 0 Å². The van der Waals surface area contributed by atoms with Crippen molar-refractivity contribution in [2.45, 2.75) is 50.9 Å². The van der Waals surface area contributed by atoms with E-state index in [4.69, 9.17) is 0 Å². The molecule has 2 rings (SSSR count). The van der Waals surface area contributed by atoms with E-state index < -0.39 is 0 Å². The molecule has 1 nitrogen and oxygen atoms in total. The zero-order chi connectivity index (χ0) is 13.1. The Morgan fingerprint density at radius 1 is 1.44 bits per heavy atom. The van der Waals surface area contributed by atoms with Gasteiger partial charge < -0.3 is 5.32 Å². The lowest BCUT2D eigenvalue weighted by Gasteiger charge is -2.32. The summed E-state index contributed by atoms with van der Waals surface area (Å²) >= 11 is 2.03. The van der Waals surface area contributed by atoms with Gasteiger partial charge in [0.05, 0.1) is 0 Å². The van der Waals surface area contributed by atoms with Crippen molar-refractivity contribution < 1.29 is 4.39 Å². The highest BCUT2D eigenvalue weighted by Crippen LogP contribution is 2.27. The Balaban J connectivity index is 2.02. The van der Waals surface area contributed by atoms with Crippen LogP contribution in [-0.4, -0.2) is 17.0 Å². The molecule has 0 spiro atoms. The first-order valence-electron chi connectivity index (χ1n) is 6.71. The first-order valence-corrected chi connectivity index (χ1v) is 7.76. The van der Waals surface area contributed by atoms with Crippen LogP contribution in [0, 0.1) is 12.7 Å². The summed E-state index contributed by atoms with van der Waals surface area (Å²) in [6.07, 6.45) is 2.51. The fourth-order valence-electron chi connectivity index (χ4n) is 2.44. The third-order valence-corrected chi connectivity index (χ3v) is 5.15. The standard InChI is InChI=1S/C15H22FNS/c1-10-6-7-13(9-14(10)16)11(2)17-15-5-4-8-18-12(15)3/h6-7,9,11-12,15,17H,4-5,8H2,1-3H3. The Kier molecular flexibility index (Phi) is 4.68. The van der Waals surface area contributed by atoms with Gasteiger partial charge in [-0.3, -0.25) is 0 Å². The quantitative estimate of drug-likeness (QED) is 0.886. The molecular weight excluding hydrogens is 245 g/mol. The molecule has 100 valence electrons. The number of nitrogens with one attached hydrogen (secondary N) is 1. The van der Waals surface area contributed by atoms with E-state index >= 15 is 0 Å². The van der Waals surface area contributed by atoms with Crippen LogP contribution in [0.15, 0.2) is 18.2 Å². The van der Waals surface area contributed by atoms with Crippen molar-refractivity contribution in [1.82, 2.24) is 5.32 Å². The lowest BCUT2D eigenvalue weighted by atomic mass is 10.0. The van der Waals surface area contributed by atoms with E-state index in [1.54, 1.807) is 13.0 Å². The molecule has 3 atom stereocenters. The Morgan fingerprint density at radius 2 is 2.22 bits per heavy atom. The van der Waals surface area contributed by atoms with Crippen LogP contribution in [0.2, 0.25) is 0 Å². The second-order valence-electron chi connectivity index (χ2n) is 5.22. The average molecular weight is 267 g/mol. The maximum Gasteiger partial charge on any atom is 0.126 e. The molecule has 1 saturated heterocycles. The summed E-state index contributed by atoms with van der Waals surface area (Å²) in [7, 11) is 0. The van der Waals surface area contributed by atoms with Gasteiger partial charge in [0.1, 0.15) is 5.82 Å². The Bertz CT molecular complexity index is 407. The average Bonchev–Trinajstić information content (AvgIpc) is 2.35. The van der Waals surface area contributed by atoms with Crippen molar-refractivity contribution in [2.24, 2.45) is 0 Å². The number of hydrogen-bond acceptors (Lipinski definition) is 2. The van der Waals surface area contributed by atoms with Gasteiger partial charge in [-0.1, -0.05) is 19.1 Å². The lowest BCUT2D eigenvalue weighted by Crippen LogP contribution is -2.40. The molecule has 1 heterocycles. The zero-order valence-electron chi connectivity index (χ0n) is 11.4. The topological polar surface area (TPSA) is 12.0 Å². The smallest absolute Gasteiger partial charge is 0.126 e. The van der Waals surface area contributed by atoms with Crippen LogP contribution < -0.4 is 5.32 Å². The molecule has 0 aromatic heterocycles. The van der Waals surface area contributed by atoms with Gasteiger partial charge in [-0.2, -0.15) is 11.8 Å². The highest BCUT2D eigenvalue weighted by atomic mass is 32.2. The zero-order valence-corrected chi connectivity index (χ0v) is 12.2. The molecule has 0 saturated carbocycles. The largest absolute Gasteiger partial charge is 0.306 e. The fourth-order valence-corrected chi connectivity index (χ4v) is 3.59. The molecule has 1 fully saturated rings. The molecule has 3 unspecified atom stereocenters. The van der Waals surface area contributed by atoms with Crippen LogP contribution >= 0.6 is 11.8 Å². The highest BCUT2D eigenvalue weighted by molar-refractivity contribution is 7.99. The number of aryl methyl sites for hydroxylation is 1. The number of thioether (sulfide) groups is 1. The van der Waals surface area contributed by atoms with Crippen LogP contribution in [0.4, 0.5) is 4.39 Å². The Morgan fingerprint density at radius 3 is 2.89 bits per heavy atom. The summed E-state index contributed by atoms with van der Waals surface area (Å²) < 4.78 is 13.6. The fraction of sp³-hybridized carbons (Fsp3) is 0.600. The van der Waals surface area contributed by atoms with Crippen molar-refractivity contribution in [3.05, 3.63) is 35.1 Å². The van der Waals surface area contributed by atoms with Gasteiger partial charge in [0.25, 0.3) is 0 Å². The predicted molar refractivity (Wildman–Crippen MR) is 77.6 cm³/mol. The summed E-state index contributed by atoms with van der Waals surface area (Å²) in [5.41, 5.74) is 1.76. The Hall–Kier alpha value is -0.540. The number of rotatable bonds is 3. The minimum Gasteiger partial charge on any atom is -0.306 e. The molecule has 3 heteroatoms. The van der Waals surface area contributed by atoms with Gasteiger partial charge in [0, 0.05) is 17.3 Å². The molecule has 1 aromatic carbocycles. The van der Waals surface area contributed by atoms with E-state index in [0.717, 1.165) is 5.56 Å². The number of hydrogen-bond donors (Lipinski definition) is 1. The first-order chi connectivity index (χ1) is 8.58. The van der Waals surface area contributed by atoms with E-state index in [1.165, 1.54) is 18.6 Å². The second kappa shape index (κ2) is 6.07. The maximum atomic E-state index is 13.6. The molecule has 1 aliphatic heterocycles. The van der Waals surface area contributed by atoms with Crippen molar-refractivity contribution in [3.63, 3.8) is 0 Å². The van der Waals surface area contributed by atoms with Crippen LogP contribution in [0.3, 0.4) is 0 Å². The monoisotopic (exact) mass is 267 g/mol. The van der Waals surface area contributed by atoms with E-state index in [9.17, 15) is 4.39 Å². The maximum absolute atomic E-state index is 13.6. The Labute approximate surface area is 114 Å². The van der Waals surface area contributed by atoms with Crippen molar-refractivity contribution in [1.29, 1.82) is 0 Å². The predicted octanol–water partition coefficient (Wildman–Crippen LogP) is 4.07. The van der Waals surface area contributed by atoms with Crippen molar-refractivity contribution >= 4 is 11.8 Å². The molecule has 0 amide bonds. The summed E-state index contributed by atoms with van der Waals surface area (Å²) in [5, 5.41) is 4.29. The summed E-state index contributed by atoms with van der Waals surface area (Å²) in [6.45, 7) is 6.21. The third kappa shape index (κ3) is 3.27. The minimum absolute atomic E-state index is 0.104. The molecule has 1 N–H and O–H groups in total. The minimum atomic E-state index is -0.104. The molecule has 0 aliphatic carbocycles. The van der Waals surface area contributed by atoms with Gasteiger partial charge in [-0.15, -0.1) is 0 Å². The number of benzene rings is 1. The highest BCUT2D eigenvalue weighted by Gasteiger charge is 2.23. The van der Waals surface area contributed by atoms with E-state index in [0.29, 0.717) is 16.9 Å². The van der Waals surface area contributed by atoms with Gasteiger partial charge in [-0.05, 0) is 49.6 Å². The van der Waals surface area contributed by atoms with Crippen molar-refractivity contribution in [2.75, 3.05) is 5.75 Å². The normalized spacial score (nSPS) is 26.0. The lowest BCUT2D eigenvalue weighted by molar-refractivity contribution is 0.416.